The van der Waals surface area contributed by atoms with E-state index in [1.54, 1.807) is 35.9 Å². The van der Waals surface area contributed by atoms with Crippen LogP contribution in [0.4, 0.5) is 4.39 Å². The summed E-state index contributed by atoms with van der Waals surface area (Å²) in [5.74, 6) is -0.744. The number of aliphatic hydroxyl groups excluding tert-OH is 1. The number of aryl methyl sites for hydroxylation is 1. The lowest BCUT2D eigenvalue weighted by Gasteiger charge is -2.23. The number of aliphatic hydroxyl groups is 1. The van der Waals surface area contributed by atoms with Crippen LogP contribution < -0.4 is 0 Å². The van der Waals surface area contributed by atoms with Gasteiger partial charge in [0.15, 0.2) is 0 Å². The number of ether oxygens (including phenoxy) is 1. The highest BCUT2D eigenvalue weighted by atomic mass is 19.1. The van der Waals surface area contributed by atoms with Gasteiger partial charge in [-0.25, -0.2) is 9.07 Å². The number of aromatic nitrogens is 3. The molecule has 0 bridgehead atoms. The molecule has 1 N–H and O–H groups in total. The average Bonchev–Trinajstić information content (AvgIpc) is 2.86. The molecule has 2 aromatic rings. The Labute approximate surface area is 132 Å². The van der Waals surface area contributed by atoms with Crippen LogP contribution in [0.2, 0.25) is 0 Å². The zero-order valence-corrected chi connectivity index (χ0v) is 12.5. The number of halogens is 1. The third kappa shape index (κ3) is 3.45. The Morgan fingerprint density at radius 3 is 2.83 bits per heavy atom. The Bertz CT molecular complexity index is 740. The number of carbonyl (C=O) groups is 1. The van der Waals surface area contributed by atoms with Crippen LogP contribution in [0.3, 0.4) is 0 Å². The maximum atomic E-state index is 13.0. The largest absolute Gasteiger partial charge is 0.458 e. The summed E-state index contributed by atoms with van der Waals surface area (Å²) in [5.41, 5.74) is 2.06. The van der Waals surface area contributed by atoms with Gasteiger partial charge in [0.25, 0.3) is 0 Å². The highest BCUT2D eigenvalue weighted by molar-refractivity contribution is 5.71. The number of carbonyl (C=O) groups excluding carboxylic acids is 1. The first-order valence-electron chi connectivity index (χ1n) is 7.27. The second-order valence-electron chi connectivity index (χ2n) is 5.43. The van der Waals surface area contributed by atoms with Gasteiger partial charge in [0.1, 0.15) is 11.9 Å². The van der Waals surface area contributed by atoms with Crippen molar-refractivity contribution >= 4 is 12.0 Å². The Morgan fingerprint density at radius 1 is 1.39 bits per heavy atom. The summed E-state index contributed by atoms with van der Waals surface area (Å²) in [6.07, 6.45) is 2.66. The molecule has 1 saturated heterocycles. The quantitative estimate of drug-likeness (QED) is 0.873. The first kappa shape index (κ1) is 15.4. The summed E-state index contributed by atoms with van der Waals surface area (Å²) in [6.45, 7) is 1.80. The van der Waals surface area contributed by atoms with Crippen LogP contribution in [0.25, 0.3) is 11.8 Å². The van der Waals surface area contributed by atoms with Gasteiger partial charge in [-0.3, -0.25) is 4.79 Å². The number of benzene rings is 1. The topological polar surface area (TPSA) is 77.2 Å². The SMILES string of the molecule is Cc1nnn(-c2ccc(F)cc2)c1C=C[C@H]1C[C@H](O)CC(=O)O1. The highest BCUT2D eigenvalue weighted by Crippen LogP contribution is 2.19. The molecule has 1 aliphatic heterocycles. The van der Waals surface area contributed by atoms with E-state index >= 15 is 0 Å². The Hall–Kier alpha value is -2.54. The fraction of sp³-hybridized carbons (Fsp3) is 0.312. The molecule has 3 rings (SSSR count). The first-order chi connectivity index (χ1) is 11.0. The van der Waals surface area contributed by atoms with Crippen LogP contribution >= 0.6 is 0 Å². The second-order valence-corrected chi connectivity index (χ2v) is 5.43. The molecule has 0 aliphatic carbocycles. The van der Waals surface area contributed by atoms with Crippen molar-refractivity contribution < 1.29 is 19.0 Å². The normalized spacial score (nSPS) is 21.6. The average molecular weight is 317 g/mol. The minimum absolute atomic E-state index is 0.0262. The molecular weight excluding hydrogens is 301 g/mol. The lowest BCUT2D eigenvalue weighted by atomic mass is 10.0. The maximum Gasteiger partial charge on any atom is 0.309 e. The molecule has 0 amide bonds. The number of hydrogen-bond acceptors (Lipinski definition) is 5. The highest BCUT2D eigenvalue weighted by Gasteiger charge is 2.25. The van der Waals surface area contributed by atoms with E-state index in [9.17, 15) is 14.3 Å². The molecule has 23 heavy (non-hydrogen) atoms. The molecule has 0 radical (unpaired) electrons. The smallest absolute Gasteiger partial charge is 0.309 e. The van der Waals surface area contributed by atoms with Gasteiger partial charge >= 0.3 is 5.97 Å². The molecule has 120 valence electrons. The summed E-state index contributed by atoms with van der Waals surface area (Å²) in [6, 6.07) is 5.90. The molecule has 0 spiro atoms. The summed E-state index contributed by atoms with van der Waals surface area (Å²) < 4.78 is 19.8. The Morgan fingerprint density at radius 2 is 2.13 bits per heavy atom. The third-order valence-corrected chi connectivity index (χ3v) is 3.61. The van der Waals surface area contributed by atoms with Crippen LogP contribution in [0.15, 0.2) is 30.3 Å². The van der Waals surface area contributed by atoms with Crippen molar-refractivity contribution in [1.29, 1.82) is 0 Å². The van der Waals surface area contributed by atoms with Crippen LogP contribution in [0.5, 0.6) is 0 Å². The molecule has 6 nitrogen and oxygen atoms in total. The molecule has 2 heterocycles. The maximum absolute atomic E-state index is 13.0. The lowest BCUT2D eigenvalue weighted by molar-refractivity contribution is -0.156. The van der Waals surface area contributed by atoms with Crippen molar-refractivity contribution in [3.8, 4) is 5.69 Å². The molecule has 0 saturated carbocycles. The van der Waals surface area contributed by atoms with Crippen molar-refractivity contribution in [1.82, 2.24) is 15.0 Å². The number of rotatable bonds is 3. The fourth-order valence-corrected chi connectivity index (χ4v) is 2.45. The van der Waals surface area contributed by atoms with Gasteiger partial charge < -0.3 is 9.84 Å². The molecule has 2 atom stereocenters. The van der Waals surface area contributed by atoms with Crippen LogP contribution in [-0.4, -0.2) is 38.3 Å². The number of nitrogens with zero attached hydrogens (tertiary/aromatic N) is 3. The predicted octanol–water partition coefficient (Wildman–Crippen LogP) is 1.79. The van der Waals surface area contributed by atoms with Gasteiger partial charge in [0.2, 0.25) is 0 Å². The van der Waals surface area contributed by atoms with E-state index in [1.165, 1.54) is 12.1 Å². The summed E-state index contributed by atoms with van der Waals surface area (Å²) in [5, 5.41) is 17.7. The van der Waals surface area contributed by atoms with Crippen LogP contribution in [0, 0.1) is 12.7 Å². The van der Waals surface area contributed by atoms with E-state index in [2.05, 4.69) is 10.3 Å². The summed E-state index contributed by atoms with van der Waals surface area (Å²) in [4.78, 5) is 11.4. The lowest BCUT2D eigenvalue weighted by Crippen LogP contribution is -2.31. The molecule has 1 aromatic heterocycles. The van der Waals surface area contributed by atoms with Crippen molar-refractivity contribution in [2.24, 2.45) is 0 Å². The van der Waals surface area contributed by atoms with E-state index in [0.29, 0.717) is 23.5 Å². The zero-order chi connectivity index (χ0) is 16.4. The van der Waals surface area contributed by atoms with Crippen molar-refractivity contribution in [2.45, 2.75) is 32.0 Å². The van der Waals surface area contributed by atoms with Crippen LogP contribution in [-0.2, 0) is 9.53 Å². The molecule has 0 unspecified atom stereocenters. The van der Waals surface area contributed by atoms with E-state index in [4.69, 9.17) is 4.74 Å². The van der Waals surface area contributed by atoms with E-state index in [1.807, 2.05) is 0 Å². The number of esters is 1. The molecule has 1 fully saturated rings. The number of hydrogen-bond donors (Lipinski definition) is 1. The predicted molar refractivity (Wildman–Crippen MR) is 80.2 cm³/mol. The second kappa shape index (κ2) is 6.29. The van der Waals surface area contributed by atoms with E-state index in [0.717, 1.165) is 0 Å². The Balaban J connectivity index is 1.85. The minimum atomic E-state index is -0.688. The van der Waals surface area contributed by atoms with Gasteiger partial charge in [0.05, 0.1) is 29.6 Å². The van der Waals surface area contributed by atoms with Gasteiger partial charge in [-0.2, -0.15) is 0 Å². The van der Waals surface area contributed by atoms with Gasteiger partial charge in [-0.05, 0) is 43.3 Å². The fourth-order valence-electron chi connectivity index (χ4n) is 2.45. The molecular formula is C16H16FN3O3. The summed E-state index contributed by atoms with van der Waals surface area (Å²) in [7, 11) is 0. The van der Waals surface area contributed by atoms with Gasteiger partial charge in [0, 0.05) is 6.42 Å². The van der Waals surface area contributed by atoms with Crippen molar-refractivity contribution in [3.63, 3.8) is 0 Å². The third-order valence-electron chi connectivity index (χ3n) is 3.61. The van der Waals surface area contributed by atoms with Crippen molar-refractivity contribution in [3.05, 3.63) is 47.5 Å². The van der Waals surface area contributed by atoms with E-state index in [-0.39, 0.29) is 12.2 Å². The molecule has 1 aromatic carbocycles. The van der Waals surface area contributed by atoms with Gasteiger partial charge in [-0.1, -0.05) is 5.21 Å². The monoisotopic (exact) mass is 317 g/mol. The number of cyclic esters (lactones) is 1. The molecule has 7 heteroatoms. The Kier molecular flexibility index (Phi) is 4.20. The standard InChI is InChI=1S/C16H16FN3O3/c1-10-15(7-6-14-8-13(21)9-16(22)23-14)20(19-18-10)12-4-2-11(17)3-5-12/h2-7,13-14,21H,8-9H2,1H3/t13-,14-/m0/s1. The van der Waals surface area contributed by atoms with Gasteiger partial charge in [-0.15, -0.1) is 5.10 Å². The molecule has 1 aliphatic rings. The van der Waals surface area contributed by atoms with Crippen molar-refractivity contribution in [2.75, 3.05) is 0 Å². The minimum Gasteiger partial charge on any atom is -0.458 e. The first-order valence-corrected chi connectivity index (χ1v) is 7.27. The zero-order valence-electron chi connectivity index (χ0n) is 12.5. The summed E-state index contributed by atoms with van der Waals surface area (Å²) >= 11 is 0. The van der Waals surface area contributed by atoms with E-state index < -0.39 is 18.2 Å². The van der Waals surface area contributed by atoms with Crippen LogP contribution in [0.1, 0.15) is 24.2 Å².